The predicted octanol–water partition coefficient (Wildman–Crippen LogP) is 2.27. The molecule has 0 aliphatic heterocycles. The maximum absolute atomic E-state index is 12.7. The Morgan fingerprint density at radius 2 is 1.96 bits per heavy atom. The van der Waals surface area contributed by atoms with Crippen LogP contribution in [-0.2, 0) is 0 Å². The summed E-state index contributed by atoms with van der Waals surface area (Å²) in [7, 11) is 0. The van der Waals surface area contributed by atoms with E-state index in [1.807, 2.05) is 0 Å². The Kier molecular flexibility index (Phi) is 5.26. The van der Waals surface area contributed by atoms with Gasteiger partial charge in [-0.3, -0.25) is 14.6 Å². The standard InChI is InChI=1S/C20H22N4O3/c1-13-17(27-14(2)23-13)19(26)24-20(7-4-3-5-8-20)9-6-15-10-16(18(21)25)12-22-11-15/h10-12H,3-5,7-8H2,1-2H3,(H2,21,25)(H,24,26). The molecule has 0 spiro atoms. The molecule has 2 aromatic rings. The first-order valence-corrected chi connectivity index (χ1v) is 8.93. The fourth-order valence-electron chi connectivity index (χ4n) is 3.29. The van der Waals surface area contributed by atoms with Gasteiger partial charge in [0.15, 0.2) is 5.89 Å². The van der Waals surface area contributed by atoms with Crippen LogP contribution in [0.4, 0.5) is 0 Å². The summed E-state index contributed by atoms with van der Waals surface area (Å²) in [6.07, 6.45) is 7.54. The van der Waals surface area contributed by atoms with E-state index in [0.717, 1.165) is 32.1 Å². The first-order chi connectivity index (χ1) is 12.9. The Hall–Kier alpha value is -3.14. The van der Waals surface area contributed by atoms with Crippen LogP contribution in [0.25, 0.3) is 0 Å². The van der Waals surface area contributed by atoms with Crippen molar-refractivity contribution in [2.45, 2.75) is 51.5 Å². The molecule has 0 unspecified atom stereocenters. The molecule has 2 aromatic heterocycles. The van der Waals surface area contributed by atoms with Gasteiger partial charge in [0.05, 0.1) is 11.3 Å². The number of rotatable bonds is 3. The van der Waals surface area contributed by atoms with Crippen molar-refractivity contribution in [1.82, 2.24) is 15.3 Å². The number of amides is 2. The lowest BCUT2D eigenvalue weighted by atomic mass is 9.82. The number of carbonyl (C=O) groups excluding carboxylic acids is 2. The van der Waals surface area contributed by atoms with Crippen molar-refractivity contribution >= 4 is 11.8 Å². The van der Waals surface area contributed by atoms with Crippen molar-refractivity contribution in [2.75, 3.05) is 0 Å². The smallest absolute Gasteiger partial charge is 0.290 e. The lowest BCUT2D eigenvalue weighted by molar-refractivity contribution is 0.0872. The maximum atomic E-state index is 12.7. The molecule has 0 bridgehead atoms. The van der Waals surface area contributed by atoms with E-state index in [9.17, 15) is 9.59 Å². The maximum Gasteiger partial charge on any atom is 0.290 e. The lowest BCUT2D eigenvalue weighted by Crippen LogP contribution is -2.48. The Bertz CT molecular complexity index is 930. The minimum atomic E-state index is -0.648. The first-order valence-electron chi connectivity index (χ1n) is 8.93. The zero-order valence-electron chi connectivity index (χ0n) is 15.5. The van der Waals surface area contributed by atoms with Crippen LogP contribution in [0, 0.1) is 25.7 Å². The zero-order valence-corrected chi connectivity index (χ0v) is 15.5. The number of nitrogens with two attached hydrogens (primary N) is 1. The van der Waals surface area contributed by atoms with E-state index in [1.54, 1.807) is 26.1 Å². The highest BCUT2D eigenvalue weighted by atomic mass is 16.4. The van der Waals surface area contributed by atoms with Crippen molar-refractivity contribution in [3.8, 4) is 11.8 Å². The molecular formula is C20H22N4O3. The molecule has 0 saturated heterocycles. The molecule has 7 nitrogen and oxygen atoms in total. The summed E-state index contributed by atoms with van der Waals surface area (Å²) in [5.41, 5.74) is 6.09. The SMILES string of the molecule is Cc1nc(C)c(C(=O)NC2(C#Cc3cncc(C(N)=O)c3)CCCCC2)o1. The van der Waals surface area contributed by atoms with Gasteiger partial charge in [-0.15, -0.1) is 0 Å². The average Bonchev–Trinajstić information content (AvgIpc) is 2.99. The van der Waals surface area contributed by atoms with Gasteiger partial charge in [-0.05, 0) is 25.8 Å². The van der Waals surface area contributed by atoms with Crippen LogP contribution < -0.4 is 11.1 Å². The van der Waals surface area contributed by atoms with Crippen molar-refractivity contribution in [3.05, 3.63) is 46.9 Å². The van der Waals surface area contributed by atoms with E-state index in [-0.39, 0.29) is 11.7 Å². The third-order valence-electron chi connectivity index (χ3n) is 4.64. The molecule has 2 amide bonds. The molecule has 1 aliphatic rings. The van der Waals surface area contributed by atoms with Crippen LogP contribution in [0.3, 0.4) is 0 Å². The summed E-state index contributed by atoms with van der Waals surface area (Å²) in [4.78, 5) is 32.2. The van der Waals surface area contributed by atoms with Crippen molar-refractivity contribution < 1.29 is 14.0 Å². The van der Waals surface area contributed by atoms with Gasteiger partial charge in [-0.25, -0.2) is 4.98 Å². The molecule has 2 heterocycles. The molecule has 27 heavy (non-hydrogen) atoms. The second-order valence-electron chi connectivity index (χ2n) is 6.82. The fourth-order valence-corrected chi connectivity index (χ4v) is 3.29. The first kappa shape index (κ1) is 18.6. The Morgan fingerprint density at radius 1 is 1.22 bits per heavy atom. The molecule has 0 radical (unpaired) electrons. The van der Waals surface area contributed by atoms with E-state index in [4.69, 9.17) is 10.2 Å². The summed E-state index contributed by atoms with van der Waals surface area (Å²) < 4.78 is 5.43. The number of aryl methyl sites for hydroxylation is 2. The van der Waals surface area contributed by atoms with Crippen LogP contribution in [0.15, 0.2) is 22.9 Å². The molecule has 140 valence electrons. The molecule has 0 aromatic carbocycles. The topological polar surface area (TPSA) is 111 Å². The van der Waals surface area contributed by atoms with Crippen LogP contribution in [0.5, 0.6) is 0 Å². The van der Waals surface area contributed by atoms with E-state index < -0.39 is 11.4 Å². The molecule has 0 atom stereocenters. The van der Waals surface area contributed by atoms with Crippen molar-refractivity contribution in [1.29, 1.82) is 0 Å². The molecule has 1 saturated carbocycles. The number of hydrogen-bond donors (Lipinski definition) is 2. The molecule has 3 N–H and O–H groups in total. The van der Waals surface area contributed by atoms with E-state index in [0.29, 0.717) is 22.7 Å². The second-order valence-corrected chi connectivity index (χ2v) is 6.82. The fraction of sp³-hybridized carbons (Fsp3) is 0.400. The van der Waals surface area contributed by atoms with Crippen LogP contribution >= 0.6 is 0 Å². The van der Waals surface area contributed by atoms with Crippen LogP contribution in [-0.4, -0.2) is 27.3 Å². The monoisotopic (exact) mass is 366 g/mol. The number of hydrogen-bond acceptors (Lipinski definition) is 5. The number of carbonyl (C=O) groups is 2. The summed E-state index contributed by atoms with van der Waals surface area (Å²) in [6, 6.07) is 1.60. The third kappa shape index (κ3) is 4.34. The van der Waals surface area contributed by atoms with Gasteiger partial charge in [0.25, 0.3) is 5.91 Å². The summed E-state index contributed by atoms with van der Waals surface area (Å²) in [5.74, 6) is 6.06. The number of nitrogens with zero attached hydrogens (tertiary/aromatic N) is 2. The Labute approximate surface area is 157 Å². The Balaban J connectivity index is 1.88. The molecular weight excluding hydrogens is 344 g/mol. The van der Waals surface area contributed by atoms with Crippen molar-refractivity contribution in [3.63, 3.8) is 0 Å². The van der Waals surface area contributed by atoms with Gasteiger partial charge in [0.2, 0.25) is 11.7 Å². The van der Waals surface area contributed by atoms with Gasteiger partial charge in [-0.2, -0.15) is 0 Å². The van der Waals surface area contributed by atoms with Gasteiger partial charge in [0.1, 0.15) is 5.54 Å². The molecule has 3 rings (SSSR count). The lowest BCUT2D eigenvalue weighted by Gasteiger charge is -2.33. The number of pyridine rings is 1. The predicted molar refractivity (Wildman–Crippen MR) is 98.9 cm³/mol. The molecule has 1 aliphatic carbocycles. The highest BCUT2D eigenvalue weighted by Gasteiger charge is 2.33. The van der Waals surface area contributed by atoms with Crippen molar-refractivity contribution in [2.24, 2.45) is 5.73 Å². The zero-order chi connectivity index (χ0) is 19.4. The van der Waals surface area contributed by atoms with Crippen LogP contribution in [0.1, 0.15) is 70.2 Å². The minimum absolute atomic E-state index is 0.219. The number of primary amides is 1. The largest absolute Gasteiger partial charge is 0.436 e. The highest BCUT2D eigenvalue weighted by molar-refractivity contribution is 5.93. The van der Waals surface area contributed by atoms with Gasteiger partial charge >= 0.3 is 0 Å². The number of oxazole rings is 1. The van der Waals surface area contributed by atoms with E-state index >= 15 is 0 Å². The van der Waals surface area contributed by atoms with Gasteiger partial charge in [0, 0.05) is 24.9 Å². The van der Waals surface area contributed by atoms with Gasteiger partial charge in [-0.1, -0.05) is 31.1 Å². The van der Waals surface area contributed by atoms with E-state index in [2.05, 4.69) is 27.1 Å². The van der Waals surface area contributed by atoms with E-state index in [1.165, 1.54) is 6.20 Å². The summed E-state index contributed by atoms with van der Waals surface area (Å²) >= 11 is 0. The average molecular weight is 366 g/mol. The molecule has 7 heteroatoms. The normalized spacial score (nSPS) is 15.5. The molecule has 1 fully saturated rings. The minimum Gasteiger partial charge on any atom is -0.436 e. The number of nitrogens with one attached hydrogen (secondary N) is 1. The Morgan fingerprint density at radius 3 is 2.59 bits per heavy atom. The second kappa shape index (κ2) is 7.62. The van der Waals surface area contributed by atoms with Gasteiger partial charge < -0.3 is 15.5 Å². The summed E-state index contributed by atoms with van der Waals surface area (Å²) in [5, 5.41) is 3.05. The quantitative estimate of drug-likeness (QED) is 0.810. The third-order valence-corrected chi connectivity index (χ3v) is 4.64. The highest BCUT2D eigenvalue weighted by Crippen LogP contribution is 2.28. The van der Waals surface area contributed by atoms with Crippen LogP contribution in [0.2, 0.25) is 0 Å². The number of aromatic nitrogens is 2. The summed E-state index contributed by atoms with van der Waals surface area (Å²) in [6.45, 7) is 3.45.